The van der Waals surface area contributed by atoms with Crippen LogP contribution in [0.2, 0.25) is 0 Å². The van der Waals surface area contributed by atoms with Crippen molar-refractivity contribution in [2.75, 3.05) is 26.2 Å². The molecule has 2 saturated heterocycles. The average molecular weight is 443 g/mol. The van der Waals surface area contributed by atoms with E-state index in [0.29, 0.717) is 38.4 Å². The molecule has 2 aliphatic rings. The molecule has 3 N–H and O–H groups in total. The number of amidine groups is 1. The minimum Gasteiger partial charge on any atom is -0.493 e. The molecule has 0 bridgehead atoms. The molecule has 0 spiro atoms. The average Bonchev–Trinajstić information content (AvgIpc) is 3.33. The molecular weight excluding hydrogens is 420 g/mol. The number of aromatic nitrogens is 1. The van der Waals surface area contributed by atoms with E-state index in [9.17, 15) is 14.7 Å². The van der Waals surface area contributed by atoms with E-state index in [1.165, 1.54) is 40.5 Å². The fourth-order valence-corrected chi connectivity index (χ4v) is 5.22. The van der Waals surface area contributed by atoms with E-state index < -0.39 is 5.97 Å². The van der Waals surface area contributed by atoms with Crippen LogP contribution in [0.15, 0.2) is 9.90 Å². The number of thioether (sulfide) groups is 1. The molecule has 1 aromatic rings. The van der Waals surface area contributed by atoms with Gasteiger partial charge in [-0.25, -0.2) is 0 Å². The van der Waals surface area contributed by atoms with Gasteiger partial charge < -0.3 is 20.4 Å². The summed E-state index contributed by atoms with van der Waals surface area (Å²) in [6.07, 6.45) is 4.45. The summed E-state index contributed by atoms with van der Waals surface area (Å²) in [7, 11) is 0. The molecular formula is C17H22N4O4S3. The Kier molecular flexibility index (Phi) is 7.27. The highest BCUT2D eigenvalue weighted by Gasteiger charge is 2.25. The molecule has 0 unspecified atom stereocenters. The van der Waals surface area contributed by atoms with Gasteiger partial charge in [0.05, 0.1) is 16.3 Å². The van der Waals surface area contributed by atoms with Crippen molar-refractivity contribution in [1.82, 2.24) is 14.8 Å². The summed E-state index contributed by atoms with van der Waals surface area (Å²) in [5.74, 6) is -1.18. The van der Waals surface area contributed by atoms with Gasteiger partial charge in [-0.05, 0) is 62.4 Å². The quantitative estimate of drug-likeness (QED) is 0.419. The maximum atomic E-state index is 12.2. The van der Waals surface area contributed by atoms with Gasteiger partial charge in [-0.2, -0.15) is 0 Å². The number of aliphatic imine (C=N–C) groups is 1. The zero-order valence-corrected chi connectivity index (χ0v) is 17.7. The summed E-state index contributed by atoms with van der Waals surface area (Å²) in [5, 5.41) is 22.4. The van der Waals surface area contributed by atoms with E-state index in [4.69, 9.17) is 17.3 Å². The number of carbonyl (C=O) groups is 2. The van der Waals surface area contributed by atoms with Gasteiger partial charge in [0, 0.05) is 19.5 Å². The first-order chi connectivity index (χ1) is 13.4. The van der Waals surface area contributed by atoms with Crippen molar-refractivity contribution in [2.24, 2.45) is 4.99 Å². The number of nitrogens with zero attached hydrogens (tertiary/aromatic N) is 3. The van der Waals surface area contributed by atoms with E-state index in [1.807, 2.05) is 0 Å². The van der Waals surface area contributed by atoms with Crippen molar-refractivity contribution in [1.29, 1.82) is 0 Å². The predicted octanol–water partition coefficient (Wildman–Crippen LogP) is 2.51. The number of hydrogen-bond donors (Lipinski definition) is 3. The molecule has 152 valence electrons. The van der Waals surface area contributed by atoms with Crippen molar-refractivity contribution in [3.63, 3.8) is 0 Å². The normalized spacial score (nSPS) is 20.4. The highest BCUT2D eigenvalue weighted by Crippen LogP contribution is 2.33. The number of aromatic hydroxyl groups is 1. The van der Waals surface area contributed by atoms with Crippen LogP contribution in [0.5, 0.6) is 5.88 Å². The number of carboxylic acids is 1. The van der Waals surface area contributed by atoms with Crippen molar-refractivity contribution in [3.8, 4) is 5.88 Å². The summed E-state index contributed by atoms with van der Waals surface area (Å²) in [6.45, 7) is 4.08. The van der Waals surface area contributed by atoms with E-state index in [2.05, 4.69) is 15.2 Å². The van der Waals surface area contributed by atoms with Gasteiger partial charge in [0.15, 0.2) is 9.12 Å². The highest BCUT2D eigenvalue weighted by molar-refractivity contribution is 8.18. The van der Waals surface area contributed by atoms with Gasteiger partial charge in [0.25, 0.3) is 5.91 Å². The van der Waals surface area contributed by atoms with Crippen molar-refractivity contribution >= 4 is 58.4 Å². The standard InChI is InChI=1S/C17H22N4O4S3/c22-13(23)4-3-8-21-15(25)12(28-17(21)26)10-11-14(24)19-16(27-11)18-5-9-20-6-1-2-7-20/h10,25H,1-9H2,(H,22,23)(H,18,19,24)/b11-10-. The van der Waals surface area contributed by atoms with E-state index in [0.717, 1.165) is 19.6 Å². The molecule has 3 rings (SSSR count). The van der Waals surface area contributed by atoms with Crippen molar-refractivity contribution in [3.05, 3.63) is 13.7 Å². The number of carbonyl (C=O) groups excluding carboxylic acids is 1. The van der Waals surface area contributed by atoms with Crippen molar-refractivity contribution < 1.29 is 19.8 Å². The molecule has 8 nitrogen and oxygen atoms in total. The number of nitrogens with one attached hydrogen (secondary N) is 1. The number of aliphatic carboxylic acids is 1. The van der Waals surface area contributed by atoms with Gasteiger partial charge >= 0.3 is 5.97 Å². The Bertz CT molecular complexity index is 868. The fraction of sp³-hybridized carbons (Fsp3) is 0.529. The Morgan fingerprint density at radius 3 is 2.79 bits per heavy atom. The van der Waals surface area contributed by atoms with Crippen LogP contribution in [-0.2, 0) is 16.1 Å². The summed E-state index contributed by atoms with van der Waals surface area (Å²) < 4.78 is 1.94. The van der Waals surface area contributed by atoms with Gasteiger partial charge in [-0.15, -0.1) is 11.3 Å². The number of likely N-dealkylation sites (tertiary alicyclic amines) is 1. The third kappa shape index (κ3) is 5.43. The SMILES string of the molecule is O=C(O)CCCn1c(O)c(/C=C2\SC(=NCCN3CCCC3)NC2=O)sc1=S. The first-order valence-electron chi connectivity index (χ1n) is 9.06. The van der Waals surface area contributed by atoms with E-state index in [1.54, 1.807) is 6.08 Å². The summed E-state index contributed by atoms with van der Waals surface area (Å²) in [4.78, 5) is 30.6. The first-order valence-corrected chi connectivity index (χ1v) is 11.1. The first kappa shape index (κ1) is 21.0. The molecule has 2 fully saturated rings. The number of rotatable bonds is 8. The topological polar surface area (TPSA) is 107 Å². The second-order valence-corrected chi connectivity index (χ2v) is 9.21. The number of carboxylic acid groups (broad SMARTS) is 1. The van der Waals surface area contributed by atoms with Crippen LogP contribution in [0.4, 0.5) is 0 Å². The molecule has 0 aromatic carbocycles. The van der Waals surface area contributed by atoms with Gasteiger partial charge in [-0.3, -0.25) is 19.1 Å². The molecule has 1 aromatic heterocycles. The zero-order chi connectivity index (χ0) is 20.1. The van der Waals surface area contributed by atoms with Crippen LogP contribution in [0.25, 0.3) is 6.08 Å². The Labute approximate surface area is 176 Å². The largest absolute Gasteiger partial charge is 0.493 e. The van der Waals surface area contributed by atoms with E-state index in [-0.39, 0.29) is 18.2 Å². The molecule has 0 atom stereocenters. The van der Waals surface area contributed by atoms with Gasteiger partial charge in [0.1, 0.15) is 0 Å². The molecule has 1 amide bonds. The number of amides is 1. The van der Waals surface area contributed by atoms with Crippen LogP contribution >= 0.6 is 35.3 Å². The maximum absolute atomic E-state index is 12.2. The lowest BCUT2D eigenvalue weighted by Gasteiger charge is -2.11. The Hall–Kier alpha value is -1.69. The van der Waals surface area contributed by atoms with Crippen LogP contribution in [-0.4, -0.2) is 62.9 Å². The Balaban J connectivity index is 1.63. The van der Waals surface area contributed by atoms with Gasteiger partial charge in [-0.1, -0.05) is 0 Å². The maximum Gasteiger partial charge on any atom is 0.303 e. The lowest BCUT2D eigenvalue weighted by atomic mass is 10.3. The smallest absolute Gasteiger partial charge is 0.303 e. The molecule has 3 heterocycles. The van der Waals surface area contributed by atoms with E-state index >= 15 is 0 Å². The molecule has 0 saturated carbocycles. The second kappa shape index (κ2) is 9.68. The van der Waals surface area contributed by atoms with Crippen LogP contribution in [0, 0.1) is 3.95 Å². The van der Waals surface area contributed by atoms with Gasteiger partial charge in [0.2, 0.25) is 5.88 Å². The summed E-state index contributed by atoms with van der Waals surface area (Å²) in [6, 6.07) is 0. The summed E-state index contributed by atoms with van der Waals surface area (Å²) >= 11 is 7.69. The lowest BCUT2D eigenvalue weighted by Crippen LogP contribution is -2.24. The third-order valence-corrected chi connectivity index (χ3v) is 6.78. The third-order valence-electron chi connectivity index (χ3n) is 4.45. The van der Waals surface area contributed by atoms with Crippen LogP contribution < -0.4 is 5.32 Å². The molecule has 28 heavy (non-hydrogen) atoms. The Morgan fingerprint density at radius 2 is 2.07 bits per heavy atom. The molecule has 0 radical (unpaired) electrons. The van der Waals surface area contributed by atoms with Crippen LogP contribution in [0.3, 0.4) is 0 Å². The highest BCUT2D eigenvalue weighted by atomic mass is 32.2. The summed E-state index contributed by atoms with van der Waals surface area (Å²) in [5.41, 5.74) is 0. The molecule has 2 aliphatic heterocycles. The lowest BCUT2D eigenvalue weighted by molar-refractivity contribution is -0.137. The Morgan fingerprint density at radius 1 is 1.32 bits per heavy atom. The predicted molar refractivity (Wildman–Crippen MR) is 113 cm³/mol. The monoisotopic (exact) mass is 442 g/mol. The minimum absolute atomic E-state index is 0.00297. The molecule has 11 heteroatoms. The minimum atomic E-state index is -0.890. The fourth-order valence-electron chi connectivity index (χ4n) is 3.01. The van der Waals surface area contributed by atoms with Crippen molar-refractivity contribution in [2.45, 2.75) is 32.2 Å². The second-order valence-electron chi connectivity index (χ2n) is 6.51. The number of hydrogen-bond acceptors (Lipinski definition) is 8. The zero-order valence-electron chi connectivity index (χ0n) is 15.2. The number of thiazole rings is 1. The van der Waals surface area contributed by atoms with Crippen LogP contribution in [0.1, 0.15) is 30.6 Å². The molecule has 0 aliphatic carbocycles.